The monoisotopic (exact) mass is 514 g/mol. The molecule has 0 bridgehead atoms. The molecule has 2 heterocycles. The Bertz CT molecular complexity index is 1690. The van der Waals surface area contributed by atoms with Gasteiger partial charge in [0, 0.05) is 5.39 Å². The Labute approximate surface area is 215 Å². The fourth-order valence-corrected chi connectivity index (χ4v) is 5.00. The van der Waals surface area contributed by atoms with E-state index < -0.39 is 5.91 Å². The molecule has 0 unspecified atom stereocenters. The Morgan fingerprint density at radius 3 is 2.54 bits per heavy atom. The number of nitrogens with one attached hydrogen (secondary N) is 1. The first-order valence-electron chi connectivity index (χ1n) is 11.4. The highest BCUT2D eigenvalue weighted by molar-refractivity contribution is 7.18. The molecule has 5 rings (SSSR count). The van der Waals surface area contributed by atoms with E-state index in [4.69, 9.17) is 4.74 Å². The highest BCUT2D eigenvalue weighted by Gasteiger charge is 2.19. The molecule has 1 amide bonds. The lowest BCUT2D eigenvalue weighted by molar-refractivity contribution is -0.117. The number of carbonyl (C=O) groups is 2. The van der Waals surface area contributed by atoms with Crippen LogP contribution in [0.1, 0.15) is 21.1 Å². The van der Waals surface area contributed by atoms with Gasteiger partial charge in [0.25, 0.3) is 11.5 Å². The number of ether oxygens (including phenoxy) is 1. The summed E-state index contributed by atoms with van der Waals surface area (Å²) in [6.45, 7) is -0.281. The van der Waals surface area contributed by atoms with Gasteiger partial charge in [-0.1, -0.05) is 24.3 Å². The van der Waals surface area contributed by atoms with Crippen molar-refractivity contribution in [1.82, 2.24) is 20.1 Å². The molecule has 10 heteroatoms. The molecule has 0 saturated carbocycles. The first-order chi connectivity index (χ1) is 18.0. The molecular formula is C27H22N4O5S. The number of thiazole rings is 1. The van der Waals surface area contributed by atoms with Crippen molar-refractivity contribution in [1.29, 1.82) is 0 Å². The smallest absolute Gasteiger partial charge is 0.279 e. The average Bonchev–Trinajstić information content (AvgIpc) is 3.33. The number of aliphatic hydroxyl groups is 1. The van der Waals surface area contributed by atoms with E-state index in [1.807, 2.05) is 12.1 Å². The molecule has 0 atom stereocenters. The lowest BCUT2D eigenvalue weighted by atomic mass is 10.1. The molecule has 0 spiro atoms. The van der Waals surface area contributed by atoms with E-state index in [1.165, 1.54) is 16.0 Å². The SMILES string of the molecule is COc1ccc(-n2nc(C(=O)NCC(=O)Cc3nc4ccc(CO)cc4s3)c3ccccc3c2=O)cc1. The number of rotatable bonds is 8. The van der Waals surface area contributed by atoms with E-state index in [0.717, 1.165) is 15.8 Å². The van der Waals surface area contributed by atoms with Gasteiger partial charge in [0.1, 0.15) is 10.8 Å². The van der Waals surface area contributed by atoms with Crippen LogP contribution < -0.4 is 15.6 Å². The Morgan fingerprint density at radius 1 is 1.05 bits per heavy atom. The number of carbonyl (C=O) groups excluding carboxylic acids is 2. The van der Waals surface area contributed by atoms with Crippen LogP contribution in [0.4, 0.5) is 0 Å². The standard InChI is InChI=1S/C27H22N4O5S/c1-36-19-9-7-17(8-10-19)31-27(35)21-5-3-2-4-20(21)25(30-31)26(34)28-14-18(33)13-24-29-22-11-6-16(15-32)12-23(22)37-24/h2-12,32H,13-15H2,1H3,(H,28,34). The van der Waals surface area contributed by atoms with Crippen LogP contribution in [-0.2, 0) is 17.8 Å². The summed E-state index contributed by atoms with van der Waals surface area (Å²) in [5, 5.41) is 17.6. The molecule has 37 heavy (non-hydrogen) atoms. The van der Waals surface area contributed by atoms with Crippen LogP contribution >= 0.6 is 11.3 Å². The maximum Gasteiger partial charge on any atom is 0.279 e. The van der Waals surface area contributed by atoms with E-state index in [0.29, 0.717) is 27.2 Å². The van der Waals surface area contributed by atoms with E-state index in [-0.39, 0.29) is 36.6 Å². The summed E-state index contributed by atoms with van der Waals surface area (Å²) in [4.78, 5) is 43.3. The number of amides is 1. The van der Waals surface area contributed by atoms with Gasteiger partial charge in [-0.15, -0.1) is 11.3 Å². The average molecular weight is 515 g/mol. The molecule has 5 aromatic rings. The highest BCUT2D eigenvalue weighted by atomic mass is 32.1. The molecule has 9 nitrogen and oxygen atoms in total. The van der Waals surface area contributed by atoms with E-state index in [9.17, 15) is 19.5 Å². The minimum Gasteiger partial charge on any atom is -0.497 e. The number of methoxy groups -OCH3 is 1. The van der Waals surface area contributed by atoms with Gasteiger partial charge in [-0.05, 0) is 48.0 Å². The van der Waals surface area contributed by atoms with Crippen molar-refractivity contribution in [2.45, 2.75) is 13.0 Å². The largest absolute Gasteiger partial charge is 0.497 e. The minimum atomic E-state index is -0.566. The maximum absolute atomic E-state index is 13.1. The predicted octanol–water partition coefficient (Wildman–Crippen LogP) is 3.04. The Morgan fingerprint density at radius 2 is 1.81 bits per heavy atom. The summed E-state index contributed by atoms with van der Waals surface area (Å²) < 4.78 is 7.23. The Balaban J connectivity index is 1.37. The van der Waals surface area contributed by atoms with Gasteiger partial charge in [-0.2, -0.15) is 9.78 Å². The summed E-state index contributed by atoms with van der Waals surface area (Å²) in [7, 11) is 1.54. The molecule has 0 fully saturated rings. The van der Waals surface area contributed by atoms with E-state index in [2.05, 4.69) is 15.4 Å². The molecule has 0 aliphatic heterocycles. The highest BCUT2D eigenvalue weighted by Crippen LogP contribution is 2.24. The predicted molar refractivity (Wildman–Crippen MR) is 140 cm³/mol. The van der Waals surface area contributed by atoms with Gasteiger partial charge in [-0.25, -0.2) is 4.98 Å². The molecule has 0 aliphatic carbocycles. The van der Waals surface area contributed by atoms with Crippen molar-refractivity contribution in [2.75, 3.05) is 13.7 Å². The third kappa shape index (κ3) is 4.97. The number of ketones is 1. The van der Waals surface area contributed by atoms with Crippen molar-refractivity contribution in [3.63, 3.8) is 0 Å². The summed E-state index contributed by atoms with van der Waals surface area (Å²) in [6, 6.07) is 18.9. The number of aliphatic hydroxyl groups excluding tert-OH is 1. The number of benzene rings is 3. The zero-order chi connectivity index (χ0) is 25.9. The van der Waals surface area contributed by atoms with Crippen LogP contribution in [0.25, 0.3) is 26.7 Å². The number of aromatic nitrogens is 3. The minimum absolute atomic E-state index is 0.0374. The van der Waals surface area contributed by atoms with E-state index in [1.54, 1.807) is 61.7 Å². The number of fused-ring (bicyclic) bond motifs is 2. The maximum atomic E-state index is 13.1. The zero-order valence-electron chi connectivity index (χ0n) is 19.8. The molecule has 186 valence electrons. The number of hydrogen-bond donors (Lipinski definition) is 2. The summed E-state index contributed by atoms with van der Waals surface area (Å²) >= 11 is 1.38. The number of nitrogens with zero attached hydrogens (tertiary/aromatic N) is 3. The van der Waals surface area contributed by atoms with Crippen LogP contribution in [-0.4, -0.2) is 45.2 Å². The molecular weight excluding hydrogens is 492 g/mol. The van der Waals surface area contributed by atoms with Crippen LogP contribution in [0.5, 0.6) is 5.75 Å². The summed E-state index contributed by atoms with van der Waals surface area (Å²) in [5.41, 5.74) is 1.67. The molecule has 2 aromatic heterocycles. The van der Waals surface area contributed by atoms with Crippen molar-refractivity contribution in [3.8, 4) is 11.4 Å². The van der Waals surface area contributed by atoms with Gasteiger partial charge in [0.05, 0.1) is 48.0 Å². The van der Waals surface area contributed by atoms with Gasteiger partial charge < -0.3 is 15.2 Å². The second-order valence-corrected chi connectivity index (χ2v) is 9.39. The number of Topliss-reactive ketones (excluding diaryl/α,β-unsaturated/α-hetero) is 1. The first-order valence-corrected chi connectivity index (χ1v) is 12.2. The summed E-state index contributed by atoms with van der Waals surface area (Å²) in [6.07, 6.45) is 0.0631. The van der Waals surface area contributed by atoms with Gasteiger partial charge in [0.2, 0.25) is 0 Å². The third-order valence-corrected chi connectivity index (χ3v) is 6.83. The fourth-order valence-electron chi connectivity index (χ4n) is 3.94. The molecule has 3 aromatic carbocycles. The van der Waals surface area contributed by atoms with Gasteiger partial charge >= 0.3 is 0 Å². The first kappa shape index (κ1) is 24.3. The lowest BCUT2D eigenvalue weighted by Gasteiger charge is -2.11. The Hall–Kier alpha value is -4.41. The van der Waals surface area contributed by atoms with Gasteiger partial charge in [0.15, 0.2) is 11.5 Å². The Kier molecular flexibility index (Phi) is 6.76. The van der Waals surface area contributed by atoms with Crippen LogP contribution in [0.3, 0.4) is 0 Å². The fraction of sp³-hybridized carbons (Fsp3) is 0.148. The van der Waals surface area contributed by atoms with Gasteiger partial charge in [-0.3, -0.25) is 14.4 Å². The lowest BCUT2D eigenvalue weighted by Crippen LogP contribution is -2.33. The van der Waals surface area contributed by atoms with Crippen LogP contribution in [0.15, 0.2) is 71.5 Å². The normalized spacial score (nSPS) is 11.1. The van der Waals surface area contributed by atoms with Crippen LogP contribution in [0.2, 0.25) is 0 Å². The second kappa shape index (κ2) is 10.3. The topological polar surface area (TPSA) is 123 Å². The number of hydrogen-bond acceptors (Lipinski definition) is 8. The molecule has 0 aliphatic rings. The van der Waals surface area contributed by atoms with Crippen molar-refractivity contribution in [3.05, 3.63) is 93.3 Å². The quantitative estimate of drug-likeness (QED) is 0.326. The molecule has 2 N–H and O–H groups in total. The zero-order valence-corrected chi connectivity index (χ0v) is 20.6. The molecule has 0 radical (unpaired) electrons. The van der Waals surface area contributed by atoms with Crippen molar-refractivity contribution >= 4 is 44.0 Å². The third-order valence-electron chi connectivity index (χ3n) is 5.81. The van der Waals surface area contributed by atoms with Crippen molar-refractivity contribution < 1.29 is 19.4 Å². The van der Waals surface area contributed by atoms with Crippen LogP contribution in [0, 0.1) is 0 Å². The molecule has 0 saturated heterocycles. The summed E-state index contributed by atoms with van der Waals surface area (Å²) in [5.74, 6) is -0.165. The van der Waals surface area contributed by atoms with E-state index >= 15 is 0 Å². The van der Waals surface area contributed by atoms with Crippen molar-refractivity contribution in [2.24, 2.45) is 0 Å². The second-order valence-electron chi connectivity index (χ2n) is 8.28.